The minimum atomic E-state index is -3.61. The Balaban J connectivity index is 1.47. The maximum atomic E-state index is 13.3. The van der Waals surface area contributed by atoms with Crippen molar-refractivity contribution < 1.29 is 12.8 Å². The van der Waals surface area contributed by atoms with Crippen molar-refractivity contribution in [2.45, 2.75) is 24.7 Å². The van der Waals surface area contributed by atoms with Crippen molar-refractivity contribution in [3.63, 3.8) is 0 Å². The highest BCUT2D eigenvalue weighted by molar-refractivity contribution is 7.89. The molecule has 0 radical (unpaired) electrons. The molecular formula is C21H28FN3O2S. The molecule has 1 N–H and O–H groups in total. The molecule has 0 bridgehead atoms. The molecule has 0 aliphatic carbocycles. The smallest absolute Gasteiger partial charge is 0.240 e. The van der Waals surface area contributed by atoms with Gasteiger partial charge in [-0.3, -0.25) is 0 Å². The number of hydrogen-bond donors (Lipinski definition) is 1. The molecule has 152 valence electrons. The zero-order valence-electron chi connectivity index (χ0n) is 16.5. The molecule has 2 aromatic carbocycles. The SMILES string of the molecule is Cc1cc(S(=O)(=O)NCCCc2ccc(N3CCN(C)CC3)cc2)ccc1F. The first-order chi connectivity index (χ1) is 13.3. The van der Waals surface area contributed by atoms with Gasteiger partial charge in [-0.25, -0.2) is 17.5 Å². The average molecular weight is 406 g/mol. The molecule has 0 aromatic heterocycles. The Morgan fingerprint density at radius 2 is 1.71 bits per heavy atom. The standard InChI is InChI=1S/C21H28FN3O2S/c1-17-16-20(9-10-21(17)22)28(26,27)23-11-3-4-18-5-7-19(8-6-18)25-14-12-24(2)13-15-25/h5-10,16,23H,3-4,11-15H2,1-2H3. The molecule has 28 heavy (non-hydrogen) atoms. The summed E-state index contributed by atoms with van der Waals surface area (Å²) in [6.07, 6.45) is 1.50. The van der Waals surface area contributed by atoms with Gasteiger partial charge in [-0.05, 0) is 68.3 Å². The summed E-state index contributed by atoms with van der Waals surface area (Å²) in [5.74, 6) is -0.404. The highest BCUT2D eigenvalue weighted by Crippen LogP contribution is 2.18. The molecule has 1 aliphatic heterocycles. The highest BCUT2D eigenvalue weighted by atomic mass is 32.2. The van der Waals surface area contributed by atoms with Gasteiger partial charge in [0.2, 0.25) is 10.0 Å². The van der Waals surface area contributed by atoms with Crippen molar-refractivity contribution in [3.05, 3.63) is 59.4 Å². The second kappa shape index (κ2) is 9.03. The zero-order valence-corrected chi connectivity index (χ0v) is 17.3. The molecule has 1 aliphatic rings. The lowest BCUT2D eigenvalue weighted by Gasteiger charge is -2.34. The number of anilines is 1. The number of halogens is 1. The van der Waals surface area contributed by atoms with Gasteiger partial charge in [0.1, 0.15) is 5.82 Å². The van der Waals surface area contributed by atoms with Gasteiger partial charge in [0.25, 0.3) is 0 Å². The van der Waals surface area contributed by atoms with E-state index in [1.807, 2.05) is 0 Å². The molecule has 1 saturated heterocycles. The Morgan fingerprint density at radius 1 is 1.04 bits per heavy atom. The van der Waals surface area contributed by atoms with E-state index in [0.717, 1.165) is 32.6 Å². The van der Waals surface area contributed by atoms with E-state index >= 15 is 0 Å². The number of nitrogens with zero attached hydrogens (tertiary/aromatic N) is 2. The molecule has 0 spiro atoms. The van der Waals surface area contributed by atoms with Crippen LogP contribution in [0.15, 0.2) is 47.4 Å². The van der Waals surface area contributed by atoms with Crippen molar-refractivity contribution in [2.75, 3.05) is 44.7 Å². The van der Waals surface area contributed by atoms with Crippen LogP contribution in [0.3, 0.4) is 0 Å². The fourth-order valence-electron chi connectivity index (χ4n) is 3.30. The Kier molecular flexibility index (Phi) is 6.69. The van der Waals surface area contributed by atoms with Crippen LogP contribution in [0.5, 0.6) is 0 Å². The van der Waals surface area contributed by atoms with Crippen LogP contribution < -0.4 is 9.62 Å². The summed E-state index contributed by atoms with van der Waals surface area (Å²) in [4.78, 5) is 4.82. The number of likely N-dealkylation sites (N-methyl/N-ethyl adjacent to an activating group) is 1. The summed E-state index contributed by atoms with van der Waals surface area (Å²) < 4.78 is 40.5. The Bertz CT molecular complexity index is 892. The third-order valence-electron chi connectivity index (χ3n) is 5.18. The molecule has 7 heteroatoms. The number of sulfonamides is 1. The first-order valence-electron chi connectivity index (χ1n) is 9.63. The van der Waals surface area contributed by atoms with E-state index in [1.54, 1.807) is 6.92 Å². The van der Waals surface area contributed by atoms with Gasteiger partial charge in [-0.15, -0.1) is 0 Å². The van der Waals surface area contributed by atoms with Gasteiger partial charge in [-0.2, -0.15) is 0 Å². The van der Waals surface area contributed by atoms with Crippen LogP contribution in [0.2, 0.25) is 0 Å². The summed E-state index contributed by atoms with van der Waals surface area (Å²) in [7, 11) is -1.46. The molecule has 0 atom stereocenters. The number of aryl methyl sites for hydroxylation is 2. The van der Waals surface area contributed by atoms with Crippen LogP contribution in [0.25, 0.3) is 0 Å². The normalized spacial score (nSPS) is 15.8. The van der Waals surface area contributed by atoms with Gasteiger partial charge in [-0.1, -0.05) is 12.1 Å². The lowest BCUT2D eigenvalue weighted by atomic mass is 10.1. The maximum Gasteiger partial charge on any atom is 0.240 e. The minimum Gasteiger partial charge on any atom is -0.369 e. The van der Waals surface area contributed by atoms with E-state index in [1.165, 1.54) is 29.4 Å². The quantitative estimate of drug-likeness (QED) is 0.720. The van der Waals surface area contributed by atoms with Crippen LogP contribution >= 0.6 is 0 Å². The highest BCUT2D eigenvalue weighted by Gasteiger charge is 2.15. The summed E-state index contributed by atoms with van der Waals surface area (Å²) in [6.45, 7) is 6.14. The molecule has 0 unspecified atom stereocenters. The van der Waals surface area contributed by atoms with Crippen molar-refractivity contribution in [1.29, 1.82) is 0 Å². The molecule has 1 heterocycles. The number of nitrogens with one attached hydrogen (secondary N) is 1. The average Bonchev–Trinajstić information content (AvgIpc) is 2.68. The van der Waals surface area contributed by atoms with E-state index in [2.05, 4.69) is 45.8 Å². The number of hydrogen-bond acceptors (Lipinski definition) is 4. The number of rotatable bonds is 7. The largest absolute Gasteiger partial charge is 0.369 e. The lowest BCUT2D eigenvalue weighted by Crippen LogP contribution is -2.44. The summed E-state index contributed by atoms with van der Waals surface area (Å²) in [6, 6.07) is 12.4. The molecular weight excluding hydrogens is 377 g/mol. The van der Waals surface area contributed by atoms with E-state index in [4.69, 9.17) is 0 Å². The predicted molar refractivity (Wildman–Crippen MR) is 111 cm³/mol. The van der Waals surface area contributed by atoms with Gasteiger partial charge < -0.3 is 9.80 Å². The second-order valence-corrected chi connectivity index (χ2v) is 9.14. The number of benzene rings is 2. The number of piperazine rings is 1. The fraction of sp³-hybridized carbons (Fsp3) is 0.429. The third kappa shape index (κ3) is 5.31. The maximum absolute atomic E-state index is 13.3. The van der Waals surface area contributed by atoms with E-state index in [9.17, 15) is 12.8 Å². The first-order valence-corrected chi connectivity index (χ1v) is 11.1. The Hall–Kier alpha value is -1.96. The molecule has 0 amide bonds. The molecule has 5 nitrogen and oxygen atoms in total. The summed E-state index contributed by atoms with van der Waals surface area (Å²) in [5.41, 5.74) is 2.75. The van der Waals surface area contributed by atoms with Crippen LogP contribution in [-0.4, -0.2) is 53.1 Å². The lowest BCUT2D eigenvalue weighted by molar-refractivity contribution is 0.313. The van der Waals surface area contributed by atoms with Crippen molar-refractivity contribution in [3.8, 4) is 0 Å². The Labute approximate surface area is 167 Å². The van der Waals surface area contributed by atoms with Crippen LogP contribution in [0.4, 0.5) is 10.1 Å². The first kappa shape index (κ1) is 20.8. The topological polar surface area (TPSA) is 52.7 Å². The van der Waals surface area contributed by atoms with Crippen LogP contribution in [0.1, 0.15) is 17.5 Å². The van der Waals surface area contributed by atoms with Crippen LogP contribution in [-0.2, 0) is 16.4 Å². The van der Waals surface area contributed by atoms with E-state index in [0.29, 0.717) is 18.5 Å². The predicted octanol–water partition coefficient (Wildman–Crippen LogP) is 2.80. The second-order valence-electron chi connectivity index (χ2n) is 7.37. The van der Waals surface area contributed by atoms with Gasteiger partial charge in [0, 0.05) is 38.4 Å². The van der Waals surface area contributed by atoms with Gasteiger partial charge in [0.05, 0.1) is 4.90 Å². The summed E-state index contributed by atoms with van der Waals surface area (Å²) in [5, 5.41) is 0. The van der Waals surface area contributed by atoms with Crippen molar-refractivity contribution in [1.82, 2.24) is 9.62 Å². The summed E-state index contributed by atoms with van der Waals surface area (Å²) >= 11 is 0. The molecule has 2 aromatic rings. The zero-order chi connectivity index (χ0) is 20.1. The molecule has 1 fully saturated rings. The Morgan fingerprint density at radius 3 is 2.36 bits per heavy atom. The van der Waals surface area contributed by atoms with Crippen molar-refractivity contribution >= 4 is 15.7 Å². The van der Waals surface area contributed by atoms with E-state index < -0.39 is 15.8 Å². The molecule has 3 rings (SSSR count). The molecule has 0 saturated carbocycles. The van der Waals surface area contributed by atoms with E-state index in [-0.39, 0.29) is 4.90 Å². The third-order valence-corrected chi connectivity index (χ3v) is 6.64. The minimum absolute atomic E-state index is 0.0999. The fourth-order valence-corrected chi connectivity index (χ4v) is 4.46. The van der Waals surface area contributed by atoms with Crippen molar-refractivity contribution in [2.24, 2.45) is 0 Å². The van der Waals surface area contributed by atoms with Gasteiger partial charge >= 0.3 is 0 Å². The van der Waals surface area contributed by atoms with Crippen LogP contribution in [0, 0.1) is 12.7 Å². The van der Waals surface area contributed by atoms with Gasteiger partial charge in [0.15, 0.2) is 0 Å². The monoisotopic (exact) mass is 405 g/mol.